The molecule has 1 fully saturated rings. The van der Waals surface area contributed by atoms with E-state index < -0.39 is 18.4 Å². The summed E-state index contributed by atoms with van der Waals surface area (Å²) < 4.78 is 6.01. The molecule has 0 amide bonds. The van der Waals surface area contributed by atoms with E-state index in [1.54, 1.807) is 0 Å². The van der Waals surface area contributed by atoms with Crippen molar-refractivity contribution in [2.45, 2.75) is 78.5 Å². The zero-order valence-electron chi connectivity index (χ0n) is 16.9. The number of hydrogen-bond acceptors (Lipinski definition) is 5. The lowest BCUT2D eigenvalue weighted by Crippen LogP contribution is -2.63. The van der Waals surface area contributed by atoms with Gasteiger partial charge in [-0.15, -0.1) is 6.58 Å². The molecule has 0 aromatic carbocycles. The highest BCUT2D eigenvalue weighted by atomic mass is 16.5. The maximum atomic E-state index is 10.5. The van der Waals surface area contributed by atoms with E-state index >= 15 is 0 Å². The fraction of sp³-hybridized carbons (Fsp3) is 0.900. The smallest absolute Gasteiger partial charge is 0.137 e. The van der Waals surface area contributed by atoms with Crippen molar-refractivity contribution in [3.63, 3.8) is 0 Å². The van der Waals surface area contributed by atoms with Crippen LogP contribution in [0.4, 0.5) is 0 Å². The molecule has 1 heterocycles. The highest BCUT2D eigenvalue weighted by molar-refractivity contribution is 4.98. The van der Waals surface area contributed by atoms with E-state index in [0.29, 0.717) is 24.3 Å². The number of rotatable bonds is 9. The summed E-state index contributed by atoms with van der Waals surface area (Å²) in [5.74, 6) is 1.41. The summed E-state index contributed by atoms with van der Waals surface area (Å²) in [4.78, 5) is 0. The quantitative estimate of drug-likeness (QED) is 0.475. The molecule has 1 aliphatic heterocycles. The molecule has 0 bridgehead atoms. The van der Waals surface area contributed by atoms with Gasteiger partial charge in [-0.05, 0) is 23.7 Å². The third-order valence-electron chi connectivity index (χ3n) is 6.30. The normalized spacial score (nSPS) is 35.2. The maximum Gasteiger partial charge on any atom is 0.137 e. The Hall–Kier alpha value is -0.460. The van der Waals surface area contributed by atoms with Crippen molar-refractivity contribution in [2.75, 3.05) is 6.54 Å². The SMILES string of the molecule is C=CC(C(C)C(C)C)[C@@H](N[C@@H]1OC(CN)[C@H](C)C(O)C1O)C(C)CC. The van der Waals surface area contributed by atoms with E-state index in [-0.39, 0.29) is 24.0 Å². The molecule has 9 atom stereocenters. The van der Waals surface area contributed by atoms with Crippen LogP contribution in [0.25, 0.3) is 0 Å². The Morgan fingerprint density at radius 1 is 1.20 bits per heavy atom. The van der Waals surface area contributed by atoms with Gasteiger partial charge in [0.15, 0.2) is 0 Å². The molecule has 6 unspecified atom stereocenters. The van der Waals surface area contributed by atoms with Crippen LogP contribution in [0.3, 0.4) is 0 Å². The van der Waals surface area contributed by atoms with Gasteiger partial charge in [0.1, 0.15) is 12.3 Å². The van der Waals surface area contributed by atoms with Gasteiger partial charge in [0.2, 0.25) is 0 Å². The van der Waals surface area contributed by atoms with E-state index in [9.17, 15) is 10.2 Å². The number of nitrogens with one attached hydrogen (secondary N) is 1. The molecular formula is C20H40N2O3. The standard InChI is InChI=1S/C20H40N2O3/c1-8-12(5)17(15(9-2)13(6)11(3)4)22-20-19(24)18(23)14(7)16(10-21)25-20/h9,11-20,22-24H,2,8,10,21H2,1,3-7H3/t12?,13?,14-,15?,16?,17-,18?,19?,20+/m0/s1. The maximum absolute atomic E-state index is 10.5. The molecule has 0 radical (unpaired) electrons. The molecule has 1 rings (SSSR count). The molecule has 1 aliphatic rings. The minimum Gasteiger partial charge on any atom is -0.390 e. The number of hydrogen-bond donors (Lipinski definition) is 4. The Balaban J connectivity index is 3.02. The summed E-state index contributed by atoms with van der Waals surface area (Å²) in [6, 6.07) is 0.110. The van der Waals surface area contributed by atoms with E-state index in [1.807, 2.05) is 13.0 Å². The molecule has 5 heteroatoms. The third-order valence-corrected chi connectivity index (χ3v) is 6.30. The average Bonchev–Trinajstić information content (AvgIpc) is 2.60. The van der Waals surface area contributed by atoms with Gasteiger partial charge in [-0.3, -0.25) is 5.32 Å². The van der Waals surface area contributed by atoms with Crippen LogP contribution < -0.4 is 11.1 Å². The van der Waals surface area contributed by atoms with Crippen molar-refractivity contribution in [1.29, 1.82) is 0 Å². The molecule has 25 heavy (non-hydrogen) atoms. The molecule has 0 aliphatic carbocycles. The van der Waals surface area contributed by atoms with Crippen LogP contribution in [0.15, 0.2) is 12.7 Å². The first-order chi connectivity index (χ1) is 11.7. The third kappa shape index (κ3) is 5.27. The van der Waals surface area contributed by atoms with Gasteiger partial charge < -0.3 is 20.7 Å². The van der Waals surface area contributed by atoms with Crippen molar-refractivity contribution in [1.82, 2.24) is 5.32 Å². The summed E-state index contributed by atoms with van der Waals surface area (Å²) in [7, 11) is 0. The number of nitrogens with two attached hydrogens (primary N) is 1. The Morgan fingerprint density at radius 3 is 2.24 bits per heavy atom. The summed E-state index contributed by atoms with van der Waals surface area (Å²) in [5, 5.41) is 24.4. The van der Waals surface area contributed by atoms with Crippen molar-refractivity contribution in [3.8, 4) is 0 Å². The van der Waals surface area contributed by atoms with E-state index in [0.717, 1.165) is 6.42 Å². The van der Waals surface area contributed by atoms with Crippen LogP contribution in [-0.2, 0) is 4.74 Å². The van der Waals surface area contributed by atoms with Gasteiger partial charge in [0.05, 0.1) is 12.2 Å². The first kappa shape index (κ1) is 22.6. The molecule has 0 saturated carbocycles. The molecule has 5 N–H and O–H groups in total. The highest BCUT2D eigenvalue weighted by Crippen LogP contribution is 2.31. The fourth-order valence-corrected chi connectivity index (χ4v) is 3.74. The van der Waals surface area contributed by atoms with Gasteiger partial charge >= 0.3 is 0 Å². The van der Waals surface area contributed by atoms with E-state index in [4.69, 9.17) is 10.5 Å². The lowest BCUT2D eigenvalue weighted by atomic mass is 9.75. The van der Waals surface area contributed by atoms with Gasteiger partial charge in [-0.25, -0.2) is 0 Å². The van der Waals surface area contributed by atoms with E-state index in [2.05, 4.69) is 46.5 Å². The van der Waals surface area contributed by atoms with Crippen LogP contribution in [0.2, 0.25) is 0 Å². The zero-order chi connectivity index (χ0) is 19.3. The minimum atomic E-state index is -0.968. The van der Waals surface area contributed by atoms with Crippen molar-refractivity contribution < 1.29 is 14.9 Å². The van der Waals surface area contributed by atoms with Gasteiger partial charge in [-0.1, -0.05) is 54.0 Å². The monoisotopic (exact) mass is 356 g/mol. The second-order valence-corrected chi connectivity index (χ2v) is 8.17. The first-order valence-electron chi connectivity index (χ1n) is 9.79. The number of ether oxygens (including phenoxy) is 1. The summed E-state index contributed by atoms with van der Waals surface area (Å²) >= 11 is 0. The molecule has 0 spiro atoms. The Kier molecular flexibility index (Phi) is 9.05. The van der Waals surface area contributed by atoms with Crippen molar-refractivity contribution in [3.05, 3.63) is 12.7 Å². The predicted octanol–water partition coefficient (Wildman–Crippen LogP) is 2.13. The van der Waals surface area contributed by atoms with Gasteiger partial charge in [-0.2, -0.15) is 0 Å². The van der Waals surface area contributed by atoms with Crippen LogP contribution in [-0.4, -0.2) is 47.3 Å². The van der Waals surface area contributed by atoms with Crippen LogP contribution >= 0.6 is 0 Å². The molecule has 0 aromatic rings. The van der Waals surface area contributed by atoms with Gasteiger partial charge in [0.25, 0.3) is 0 Å². The average molecular weight is 357 g/mol. The highest BCUT2D eigenvalue weighted by Gasteiger charge is 2.43. The van der Waals surface area contributed by atoms with Crippen molar-refractivity contribution >= 4 is 0 Å². The predicted molar refractivity (Wildman–Crippen MR) is 103 cm³/mol. The summed E-state index contributed by atoms with van der Waals surface area (Å²) in [5.41, 5.74) is 5.79. The largest absolute Gasteiger partial charge is 0.390 e. The van der Waals surface area contributed by atoms with Crippen molar-refractivity contribution in [2.24, 2.45) is 35.3 Å². The van der Waals surface area contributed by atoms with Crippen LogP contribution in [0.5, 0.6) is 0 Å². The first-order valence-corrected chi connectivity index (χ1v) is 9.79. The zero-order valence-corrected chi connectivity index (χ0v) is 16.9. The minimum absolute atomic E-state index is 0.110. The second kappa shape index (κ2) is 10.0. The Bertz CT molecular complexity index is 402. The Morgan fingerprint density at radius 2 is 1.80 bits per heavy atom. The molecular weight excluding hydrogens is 316 g/mol. The second-order valence-electron chi connectivity index (χ2n) is 8.17. The summed E-state index contributed by atoms with van der Waals surface area (Å²) in [6.07, 6.45) is 0.322. The molecule has 1 saturated heterocycles. The fourth-order valence-electron chi connectivity index (χ4n) is 3.74. The lowest BCUT2D eigenvalue weighted by molar-refractivity contribution is -0.207. The van der Waals surface area contributed by atoms with Crippen LogP contribution in [0.1, 0.15) is 48.0 Å². The molecule has 148 valence electrons. The Labute approximate surface area is 154 Å². The number of aliphatic hydroxyl groups is 2. The summed E-state index contributed by atoms with van der Waals surface area (Å²) in [6.45, 7) is 17.3. The molecule has 5 nitrogen and oxygen atoms in total. The van der Waals surface area contributed by atoms with Gasteiger partial charge in [0, 0.05) is 18.5 Å². The topological polar surface area (TPSA) is 87.7 Å². The number of aliphatic hydroxyl groups excluding tert-OH is 2. The molecule has 0 aromatic heterocycles. The van der Waals surface area contributed by atoms with E-state index in [1.165, 1.54) is 0 Å². The van der Waals surface area contributed by atoms with Crippen LogP contribution in [0, 0.1) is 29.6 Å². The lowest BCUT2D eigenvalue weighted by Gasteiger charge is -2.45.